The van der Waals surface area contributed by atoms with Gasteiger partial charge in [0.1, 0.15) is 17.5 Å². The van der Waals surface area contributed by atoms with Crippen LogP contribution in [0.15, 0.2) is 48.7 Å². The predicted octanol–water partition coefficient (Wildman–Crippen LogP) is 4.00. The molecule has 8 nitrogen and oxygen atoms in total. The van der Waals surface area contributed by atoms with Gasteiger partial charge in [0.2, 0.25) is 0 Å². The summed E-state index contributed by atoms with van der Waals surface area (Å²) in [6, 6.07) is 10.3. The van der Waals surface area contributed by atoms with Crippen LogP contribution in [-0.4, -0.2) is 70.1 Å². The average Bonchev–Trinajstić information content (AvgIpc) is 3.46. The molecule has 36 heavy (non-hydrogen) atoms. The molecule has 1 aliphatic heterocycles. The lowest BCUT2D eigenvalue weighted by Crippen LogP contribution is -2.38. The number of hydrogen-bond donors (Lipinski definition) is 1. The second kappa shape index (κ2) is 10.00. The number of nitrogens with zero attached hydrogens (tertiary/aromatic N) is 5. The molecule has 0 amide bonds. The minimum atomic E-state index is -4.45. The minimum absolute atomic E-state index is 0.109. The van der Waals surface area contributed by atoms with Crippen molar-refractivity contribution < 1.29 is 22.6 Å². The van der Waals surface area contributed by atoms with E-state index in [2.05, 4.69) is 10.2 Å². The van der Waals surface area contributed by atoms with Crippen LogP contribution in [0.2, 0.25) is 0 Å². The highest BCUT2D eigenvalue weighted by Crippen LogP contribution is 2.39. The van der Waals surface area contributed by atoms with Crippen LogP contribution >= 0.6 is 0 Å². The maximum atomic E-state index is 14.1. The molecule has 2 atom stereocenters. The zero-order valence-corrected chi connectivity index (χ0v) is 19.8. The highest BCUT2D eigenvalue weighted by Gasteiger charge is 2.46. The number of likely N-dealkylation sites (tertiary alicyclic amines) is 1. The van der Waals surface area contributed by atoms with Crippen molar-refractivity contribution in [2.75, 3.05) is 33.4 Å². The van der Waals surface area contributed by atoms with Gasteiger partial charge in [0.25, 0.3) is 0 Å². The lowest BCUT2D eigenvalue weighted by Gasteiger charge is -2.30. The maximum Gasteiger partial charge on any atom is 0.408 e. The smallest absolute Gasteiger partial charge is 0.408 e. The zero-order chi connectivity index (χ0) is 25.3. The SMILES string of the molecule is COCCCOc1ccc2ccc(-c3nnc4ccc([C@@H](N5CC[C@H](N)C5)C(F)(F)F)cn34)nc2c1. The van der Waals surface area contributed by atoms with E-state index in [1.54, 1.807) is 23.6 Å². The van der Waals surface area contributed by atoms with Gasteiger partial charge in [-0.25, -0.2) is 4.98 Å². The number of methoxy groups -OCH3 is 1. The Hall–Kier alpha value is -3.28. The molecule has 0 radical (unpaired) electrons. The Kier molecular flexibility index (Phi) is 6.78. The Morgan fingerprint density at radius 2 is 1.94 bits per heavy atom. The van der Waals surface area contributed by atoms with Crippen molar-refractivity contribution in [1.82, 2.24) is 24.5 Å². The zero-order valence-electron chi connectivity index (χ0n) is 19.8. The Balaban J connectivity index is 1.49. The average molecular weight is 501 g/mol. The number of ether oxygens (including phenoxy) is 2. The maximum absolute atomic E-state index is 14.1. The van der Waals surface area contributed by atoms with Gasteiger partial charge in [-0.05, 0) is 36.2 Å². The summed E-state index contributed by atoms with van der Waals surface area (Å²) in [5.74, 6) is 1.03. The van der Waals surface area contributed by atoms with Crippen LogP contribution in [0.1, 0.15) is 24.4 Å². The summed E-state index contributed by atoms with van der Waals surface area (Å²) in [5, 5.41) is 9.27. The van der Waals surface area contributed by atoms with Gasteiger partial charge in [0, 0.05) is 56.9 Å². The molecule has 2 N–H and O–H groups in total. The fourth-order valence-corrected chi connectivity index (χ4v) is 4.60. The van der Waals surface area contributed by atoms with Crippen molar-refractivity contribution in [3.05, 3.63) is 54.2 Å². The highest BCUT2D eigenvalue weighted by atomic mass is 19.4. The topological polar surface area (TPSA) is 90.8 Å². The first-order chi connectivity index (χ1) is 17.3. The predicted molar refractivity (Wildman–Crippen MR) is 129 cm³/mol. The van der Waals surface area contributed by atoms with Crippen LogP contribution in [-0.2, 0) is 4.74 Å². The molecule has 0 saturated carbocycles. The van der Waals surface area contributed by atoms with Gasteiger partial charge in [-0.15, -0.1) is 10.2 Å². The fourth-order valence-electron chi connectivity index (χ4n) is 4.60. The van der Waals surface area contributed by atoms with Crippen molar-refractivity contribution in [2.24, 2.45) is 5.73 Å². The molecule has 0 spiro atoms. The molecule has 4 heterocycles. The molecule has 1 aromatic carbocycles. The second-order valence-corrected chi connectivity index (χ2v) is 8.95. The van der Waals surface area contributed by atoms with Crippen molar-refractivity contribution in [3.63, 3.8) is 0 Å². The summed E-state index contributed by atoms with van der Waals surface area (Å²) in [7, 11) is 1.64. The first-order valence-corrected chi connectivity index (χ1v) is 11.8. The van der Waals surface area contributed by atoms with Crippen LogP contribution in [0.4, 0.5) is 13.2 Å². The van der Waals surface area contributed by atoms with Crippen LogP contribution in [0.3, 0.4) is 0 Å². The monoisotopic (exact) mass is 500 g/mol. The molecule has 5 rings (SSSR count). The van der Waals surface area contributed by atoms with Crippen molar-refractivity contribution >= 4 is 16.6 Å². The van der Waals surface area contributed by atoms with Gasteiger partial charge in [-0.1, -0.05) is 12.1 Å². The Morgan fingerprint density at radius 3 is 2.69 bits per heavy atom. The molecule has 0 aliphatic carbocycles. The van der Waals surface area contributed by atoms with Gasteiger partial charge in [-0.3, -0.25) is 9.30 Å². The van der Waals surface area contributed by atoms with Gasteiger partial charge in [-0.2, -0.15) is 13.2 Å². The van der Waals surface area contributed by atoms with E-state index in [4.69, 9.17) is 20.2 Å². The van der Waals surface area contributed by atoms with Gasteiger partial charge < -0.3 is 15.2 Å². The van der Waals surface area contributed by atoms with E-state index < -0.39 is 12.2 Å². The third-order valence-electron chi connectivity index (χ3n) is 6.33. The summed E-state index contributed by atoms with van der Waals surface area (Å²) < 4.78 is 54.7. The molecule has 0 unspecified atom stereocenters. The number of rotatable bonds is 8. The molecule has 190 valence electrons. The van der Waals surface area contributed by atoms with E-state index in [0.717, 1.165) is 11.8 Å². The minimum Gasteiger partial charge on any atom is -0.493 e. The van der Waals surface area contributed by atoms with E-state index >= 15 is 0 Å². The number of aromatic nitrogens is 4. The summed E-state index contributed by atoms with van der Waals surface area (Å²) in [4.78, 5) is 6.09. The van der Waals surface area contributed by atoms with Crippen LogP contribution in [0.25, 0.3) is 28.1 Å². The standard InChI is InChI=1S/C25H27F3N6O2/c1-35-11-2-12-36-19-6-3-16-4-7-20(30-21(16)13-19)24-32-31-22-8-5-17(14-34(22)24)23(25(26,27)28)33-10-9-18(29)15-33/h3-8,13-14,18,23H,2,9-12,15,29H2,1H3/t18-,23+/m0/s1. The second-order valence-electron chi connectivity index (χ2n) is 8.95. The van der Waals surface area contributed by atoms with E-state index in [1.165, 1.54) is 17.2 Å². The quantitative estimate of drug-likeness (QED) is 0.366. The number of benzene rings is 1. The van der Waals surface area contributed by atoms with E-state index in [0.29, 0.717) is 54.6 Å². The number of pyridine rings is 2. The first kappa shape index (κ1) is 24.4. The molecule has 1 fully saturated rings. The fraction of sp³-hybridized carbons (Fsp3) is 0.400. The Bertz CT molecular complexity index is 1360. The first-order valence-electron chi connectivity index (χ1n) is 11.8. The number of hydrogen-bond acceptors (Lipinski definition) is 7. The summed E-state index contributed by atoms with van der Waals surface area (Å²) in [5.41, 5.74) is 7.62. The van der Waals surface area contributed by atoms with E-state index in [1.807, 2.05) is 24.3 Å². The number of nitrogens with two attached hydrogens (primary N) is 1. The summed E-state index contributed by atoms with van der Waals surface area (Å²) in [6.07, 6.45) is -1.70. The Labute approximate surface area is 205 Å². The lowest BCUT2D eigenvalue weighted by molar-refractivity contribution is -0.183. The highest BCUT2D eigenvalue weighted by molar-refractivity contribution is 5.82. The molecule has 0 bridgehead atoms. The normalized spacial score (nSPS) is 17.8. The van der Waals surface area contributed by atoms with Crippen LogP contribution < -0.4 is 10.5 Å². The molecule has 4 aromatic rings. The largest absolute Gasteiger partial charge is 0.493 e. The van der Waals surface area contributed by atoms with Crippen LogP contribution in [0.5, 0.6) is 5.75 Å². The number of fused-ring (bicyclic) bond motifs is 2. The lowest BCUT2D eigenvalue weighted by atomic mass is 10.1. The third kappa shape index (κ3) is 4.99. The van der Waals surface area contributed by atoms with Gasteiger partial charge in [0.05, 0.1) is 12.1 Å². The van der Waals surface area contributed by atoms with Gasteiger partial charge >= 0.3 is 6.18 Å². The van der Waals surface area contributed by atoms with Crippen molar-refractivity contribution in [2.45, 2.75) is 31.1 Å². The summed E-state index contributed by atoms with van der Waals surface area (Å²) >= 11 is 0. The number of alkyl halides is 3. The molecule has 11 heteroatoms. The molecule has 1 aliphatic rings. The van der Waals surface area contributed by atoms with Crippen molar-refractivity contribution in [1.29, 1.82) is 0 Å². The molecule has 3 aromatic heterocycles. The van der Waals surface area contributed by atoms with Crippen LogP contribution in [0, 0.1) is 0 Å². The third-order valence-corrected chi connectivity index (χ3v) is 6.33. The van der Waals surface area contributed by atoms with E-state index in [9.17, 15) is 13.2 Å². The van der Waals surface area contributed by atoms with E-state index in [-0.39, 0.29) is 18.2 Å². The molecular formula is C25H27F3N6O2. The Morgan fingerprint density at radius 1 is 1.11 bits per heavy atom. The molecular weight excluding hydrogens is 473 g/mol. The summed E-state index contributed by atoms with van der Waals surface area (Å²) in [6.45, 7) is 1.61. The number of halogens is 3. The molecule has 1 saturated heterocycles. The van der Waals surface area contributed by atoms with Gasteiger partial charge in [0.15, 0.2) is 11.5 Å². The van der Waals surface area contributed by atoms with Crippen molar-refractivity contribution in [3.8, 4) is 17.3 Å².